The Labute approximate surface area is 208 Å². The Morgan fingerprint density at radius 2 is 1.74 bits per heavy atom. The summed E-state index contributed by atoms with van der Waals surface area (Å²) in [7, 11) is -1.79. The fraction of sp³-hybridized carbons (Fsp3) is 0.227. The highest BCUT2D eigenvalue weighted by atomic mass is 35.5. The number of carbonyl (C=O) groups excluding carboxylic acids is 2. The van der Waals surface area contributed by atoms with Crippen molar-refractivity contribution in [3.63, 3.8) is 0 Å². The summed E-state index contributed by atoms with van der Waals surface area (Å²) >= 11 is 12.1. The average molecular weight is 524 g/mol. The van der Waals surface area contributed by atoms with Gasteiger partial charge in [0.05, 0.1) is 21.3 Å². The average Bonchev–Trinajstić information content (AvgIpc) is 2.83. The van der Waals surface area contributed by atoms with Crippen molar-refractivity contribution in [3.8, 4) is 5.75 Å². The van der Waals surface area contributed by atoms with Crippen LogP contribution in [0, 0.1) is 5.41 Å². The van der Waals surface area contributed by atoms with E-state index in [1.54, 1.807) is 18.2 Å². The van der Waals surface area contributed by atoms with E-state index in [9.17, 15) is 14.5 Å². The molecule has 180 valence electrons. The molecule has 1 atom stereocenters. The first-order chi connectivity index (χ1) is 16.3. The second kappa shape index (κ2) is 12.1. The van der Waals surface area contributed by atoms with Gasteiger partial charge in [0.2, 0.25) is 0 Å². The lowest BCUT2D eigenvalue weighted by Gasteiger charge is -2.33. The minimum absolute atomic E-state index is 0.0176. The van der Waals surface area contributed by atoms with Crippen LogP contribution in [0.5, 0.6) is 5.75 Å². The molecule has 6 N–H and O–H groups in total. The number of allylic oxidation sites excluding steroid dienone is 1. The van der Waals surface area contributed by atoms with E-state index in [0.717, 1.165) is 6.21 Å². The predicted molar refractivity (Wildman–Crippen MR) is 133 cm³/mol. The summed E-state index contributed by atoms with van der Waals surface area (Å²) in [5, 5.41) is 13.0. The maximum Gasteiger partial charge on any atom is 0.318 e. The van der Waals surface area contributed by atoms with Crippen LogP contribution in [-0.4, -0.2) is 46.7 Å². The summed E-state index contributed by atoms with van der Waals surface area (Å²) < 4.78 is 7.41. The topological polar surface area (TPSA) is 141 Å². The first kappa shape index (κ1) is 25.9. The van der Waals surface area contributed by atoms with E-state index in [1.807, 2.05) is 22.9 Å². The lowest BCUT2D eigenvalue weighted by Crippen LogP contribution is -2.45. The second-order valence-corrected chi connectivity index (χ2v) is 9.45. The lowest BCUT2D eigenvalue weighted by molar-refractivity contribution is -0.118. The Bertz CT molecular complexity index is 1060. The van der Waals surface area contributed by atoms with Gasteiger partial charge >= 0.3 is 8.53 Å². The molecule has 0 aliphatic carbocycles. The Morgan fingerprint density at radius 3 is 2.32 bits per heavy atom. The number of hydrogen-bond donors (Lipinski definition) is 5. The first-order valence-corrected chi connectivity index (χ1v) is 12.3. The molecule has 1 unspecified atom stereocenters. The fourth-order valence-corrected chi connectivity index (χ4v) is 4.85. The SMILES string of the molecule is N=C/C(NC(=O)c1c(Cl)cccc1Cl)=C(\N)C(=O)NC1CCN(P(O)Oc2ccccc2)CC1. The standard InChI is InChI=1S/C22H24Cl2N5O4P/c23-16-7-4-8-17(24)19(16)21(30)28-18(13-25)20(26)22(31)27-14-9-11-29(12-10-14)34(32)33-15-5-2-1-3-6-15/h1-8,13-14,25,32H,9-12,26H2,(H,27,31)(H,28,30)/b20-18+,25-13?. The molecule has 1 aliphatic heterocycles. The van der Waals surface area contributed by atoms with Gasteiger partial charge in [0.15, 0.2) is 0 Å². The molecule has 2 aromatic carbocycles. The summed E-state index contributed by atoms with van der Waals surface area (Å²) in [6.45, 7) is 1.03. The van der Waals surface area contributed by atoms with Crippen molar-refractivity contribution in [1.82, 2.24) is 15.3 Å². The summed E-state index contributed by atoms with van der Waals surface area (Å²) in [5.41, 5.74) is 5.45. The van der Waals surface area contributed by atoms with Gasteiger partial charge in [-0.05, 0) is 37.1 Å². The highest BCUT2D eigenvalue weighted by molar-refractivity contribution is 7.43. The van der Waals surface area contributed by atoms with E-state index >= 15 is 0 Å². The van der Waals surface area contributed by atoms with Crippen molar-refractivity contribution in [2.45, 2.75) is 18.9 Å². The maximum atomic E-state index is 12.6. The molecule has 0 bridgehead atoms. The smallest absolute Gasteiger partial charge is 0.318 e. The number of para-hydroxylation sites is 1. The van der Waals surface area contributed by atoms with Gasteiger partial charge in [0, 0.05) is 25.3 Å². The zero-order chi connectivity index (χ0) is 24.7. The summed E-state index contributed by atoms with van der Waals surface area (Å²) in [4.78, 5) is 35.6. The molecule has 1 fully saturated rings. The summed E-state index contributed by atoms with van der Waals surface area (Å²) in [5.74, 6) is -0.717. The number of piperidine rings is 1. The van der Waals surface area contributed by atoms with E-state index in [-0.39, 0.29) is 33.0 Å². The Hall–Kier alpha value is -2.68. The van der Waals surface area contributed by atoms with Crippen LogP contribution < -0.4 is 20.9 Å². The molecule has 34 heavy (non-hydrogen) atoms. The van der Waals surface area contributed by atoms with Crippen LogP contribution in [0.25, 0.3) is 0 Å². The Kier molecular flexibility index (Phi) is 9.27. The first-order valence-electron chi connectivity index (χ1n) is 10.3. The Morgan fingerprint density at radius 1 is 1.12 bits per heavy atom. The highest BCUT2D eigenvalue weighted by Crippen LogP contribution is 2.39. The molecule has 1 heterocycles. The van der Waals surface area contributed by atoms with E-state index in [0.29, 0.717) is 31.7 Å². The van der Waals surface area contributed by atoms with Crippen LogP contribution in [0.2, 0.25) is 10.0 Å². The Balaban J connectivity index is 1.56. The summed E-state index contributed by atoms with van der Waals surface area (Å²) in [6, 6.07) is 13.5. The van der Waals surface area contributed by atoms with Gasteiger partial charge in [0.1, 0.15) is 11.4 Å². The molecule has 0 saturated carbocycles. The van der Waals surface area contributed by atoms with Gasteiger partial charge in [-0.15, -0.1) is 0 Å². The van der Waals surface area contributed by atoms with Crippen molar-refractivity contribution in [1.29, 1.82) is 5.41 Å². The molecule has 3 rings (SSSR count). The normalized spacial score (nSPS) is 16.2. The van der Waals surface area contributed by atoms with Gasteiger partial charge in [-0.25, -0.2) is 4.67 Å². The van der Waals surface area contributed by atoms with Crippen LogP contribution in [-0.2, 0) is 4.79 Å². The molecule has 9 nitrogen and oxygen atoms in total. The fourth-order valence-electron chi connectivity index (χ4n) is 3.28. The van der Waals surface area contributed by atoms with Crippen molar-refractivity contribution >= 4 is 49.8 Å². The van der Waals surface area contributed by atoms with Crippen LogP contribution in [0.1, 0.15) is 23.2 Å². The number of nitrogens with two attached hydrogens (primary N) is 1. The van der Waals surface area contributed by atoms with Crippen molar-refractivity contribution in [3.05, 3.63) is 75.5 Å². The molecule has 0 radical (unpaired) electrons. The summed E-state index contributed by atoms with van der Waals surface area (Å²) in [6.07, 6.45) is 1.91. The molecule has 1 saturated heterocycles. The minimum Gasteiger partial charge on any atom is -0.436 e. The number of nitrogens with zero attached hydrogens (tertiary/aromatic N) is 1. The third-order valence-electron chi connectivity index (χ3n) is 5.10. The van der Waals surface area contributed by atoms with Gasteiger partial charge in [0.25, 0.3) is 11.8 Å². The maximum absolute atomic E-state index is 12.6. The molecule has 12 heteroatoms. The van der Waals surface area contributed by atoms with Gasteiger partial charge in [-0.2, -0.15) is 0 Å². The minimum atomic E-state index is -1.79. The van der Waals surface area contributed by atoms with Gasteiger partial charge in [-0.3, -0.25) is 9.59 Å². The zero-order valence-electron chi connectivity index (χ0n) is 18.0. The van der Waals surface area contributed by atoms with Crippen molar-refractivity contribution in [2.24, 2.45) is 5.73 Å². The third-order valence-corrected chi connectivity index (χ3v) is 6.98. The quantitative estimate of drug-likeness (QED) is 0.204. The zero-order valence-corrected chi connectivity index (χ0v) is 20.4. The molecule has 1 aliphatic rings. The number of nitrogens with one attached hydrogen (secondary N) is 3. The number of benzene rings is 2. The van der Waals surface area contributed by atoms with E-state index in [4.69, 9.17) is 38.9 Å². The molecule has 2 amide bonds. The second-order valence-electron chi connectivity index (χ2n) is 7.38. The molecule has 2 aromatic rings. The molecule has 0 spiro atoms. The van der Waals surface area contributed by atoms with Gasteiger partial charge < -0.3 is 31.2 Å². The number of rotatable bonds is 8. The van der Waals surface area contributed by atoms with E-state index in [1.165, 1.54) is 12.1 Å². The van der Waals surface area contributed by atoms with Crippen molar-refractivity contribution in [2.75, 3.05) is 13.1 Å². The van der Waals surface area contributed by atoms with Crippen molar-refractivity contribution < 1.29 is 19.0 Å². The lowest BCUT2D eigenvalue weighted by atomic mass is 10.1. The van der Waals surface area contributed by atoms with Crippen LogP contribution in [0.15, 0.2) is 59.9 Å². The molecular formula is C22H24Cl2N5O4P. The predicted octanol–water partition coefficient (Wildman–Crippen LogP) is 3.42. The number of halogens is 2. The highest BCUT2D eigenvalue weighted by Gasteiger charge is 2.28. The molecular weight excluding hydrogens is 500 g/mol. The van der Waals surface area contributed by atoms with E-state index < -0.39 is 20.3 Å². The van der Waals surface area contributed by atoms with Crippen LogP contribution >= 0.6 is 31.7 Å². The number of amides is 2. The monoisotopic (exact) mass is 523 g/mol. The third kappa shape index (κ3) is 6.68. The number of carbonyl (C=O) groups is 2. The largest absolute Gasteiger partial charge is 0.436 e. The van der Waals surface area contributed by atoms with Crippen LogP contribution in [0.4, 0.5) is 0 Å². The molecule has 0 aromatic heterocycles. The number of hydrogen-bond acceptors (Lipinski definition) is 7. The van der Waals surface area contributed by atoms with Crippen LogP contribution in [0.3, 0.4) is 0 Å². The van der Waals surface area contributed by atoms with Gasteiger partial charge in [-0.1, -0.05) is 47.5 Å². The van der Waals surface area contributed by atoms with E-state index in [2.05, 4.69) is 10.6 Å².